The Balaban J connectivity index is 1.92. The van der Waals surface area contributed by atoms with Gasteiger partial charge in [-0.2, -0.15) is 0 Å². The van der Waals surface area contributed by atoms with E-state index in [9.17, 15) is 4.79 Å². The van der Waals surface area contributed by atoms with Crippen LogP contribution >= 0.6 is 11.6 Å². The van der Waals surface area contributed by atoms with Gasteiger partial charge in [0.15, 0.2) is 0 Å². The molecule has 0 atom stereocenters. The summed E-state index contributed by atoms with van der Waals surface area (Å²) in [6.45, 7) is 5.76. The first kappa shape index (κ1) is 16.1. The van der Waals surface area contributed by atoms with Gasteiger partial charge in [-0.1, -0.05) is 31.4 Å². The molecule has 0 aromatic carbocycles. The van der Waals surface area contributed by atoms with Gasteiger partial charge in [0.05, 0.1) is 5.02 Å². The Morgan fingerprint density at radius 1 is 1.33 bits per heavy atom. The molecule has 1 heterocycles. The van der Waals surface area contributed by atoms with Crippen LogP contribution < -0.4 is 10.6 Å². The van der Waals surface area contributed by atoms with E-state index in [1.54, 1.807) is 12.1 Å². The van der Waals surface area contributed by atoms with Crippen molar-refractivity contribution >= 4 is 23.3 Å². The first-order valence-electron chi connectivity index (χ1n) is 7.78. The van der Waals surface area contributed by atoms with E-state index >= 15 is 0 Å². The Hall–Kier alpha value is -1.29. The van der Waals surface area contributed by atoms with Crippen molar-refractivity contribution in [2.45, 2.75) is 39.5 Å². The molecule has 1 amide bonds. The van der Waals surface area contributed by atoms with Gasteiger partial charge in [-0.05, 0) is 43.7 Å². The Bertz CT molecular complexity index is 484. The fourth-order valence-electron chi connectivity index (χ4n) is 2.73. The number of rotatable bonds is 5. The molecule has 2 N–H and O–H groups in total. The molecule has 1 aromatic heterocycles. The van der Waals surface area contributed by atoms with Crippen LogP contribution in [0, 0.1) is 11.8 Å². The van der Waals surface area contributed by atoms with Gasteiger partial charge < -0.3 is 10.6 Å². The third kappa shape index (κ3) is 4.60. The zero-order valence-electron chi connectivity index (χ0n) is 12.8. The third-order valence-corrected chi connectivity index (χ3v) is 4.41. The van der Waals surface area contributed by atoms with Crippen LogP contribution in [0.25, 0.3) is 0 Å². The molecule has 1 aromatic rings. The molecule has 0 spiro atoms. The lowest BCUT2D eigenvalue weighted by molar-refractivity contribution is 0.0937. The Morgan fingerprint density at radius 3 is 2.71 bits per heavy atom. The van der Waals surface area contributed by atoms with Crippen molar-refractivity contribution in [3.8, 4) is 0 Å². The summed E-state index contributed by atoms with van der Waals surface area (Å²) in [5.74, 6) is 1.91. The zero-order chi connectivity index (χ0) is 15.2. The van der Waals surface area contributed by atoms with Gasteiger partial charge in [-0.25, -0.2) is 4.98 Å². The molecule has 1 saturated carbocycles. The first-order valence-corrected chi connectivity index (χ1v) is 8.16. The van der Waals surface area contributed by atoms with E-state index < -0.39 is 0 Å². The Labute approximate surface area is 131 Å². The third-order valence-electron chi connectivity index (χ3n) is 4.11. The molecule has 1 aliphatic rings. The number of nitrogens with one attached hydrogen (secondary N) is 2. The van der Waals surface area contributed by atoms with E-state index in [0.717, 1.165) is 19.0 Å². The largest absolute Gasteiger partial charge is 0.370 e. The Kier molecular flexibility index (Phi) is 5.85. The fraction of sp³-hybridized carbons (Fsp3) is 0.625. The lowest BCUT2D eigenvalue weighted by Gasteiger charge is -2.26. The van der Waals surface area contributed by atoms with Gasteiger partial charge in [0.1, 0.15) is 11.5 Å². The zero-order valence-corrected chi connectivity index (χ0v) is 13.5. The standard InChI is InChI=1S/C16H24ClN3O/c1-3-18-14-9-8-13(17)15(20-14)16(21)19-10-12-6-4-11(2)5-7-12/h8-9,11-12H,3-7,10H2,1-2H3,(H,18,20)(H,19,21). The number of halogens is 1. The molecule has 0 aliphatic heterocycles. The highest BCUT2D eigenvalue weighted by molar-refractivity contribution is 6.33. The van der Waals surface area contributed by atoms with Crippen LogP contribution in [0.2, 0.25) is 5.02 Å². The minimum atomic E-state index is -0.182. The van der Waals surface area contributed by atoms with E-state index in [2.05, 4.69) is 22.5 Å². The quantitative estimate of drug-likeness (QED) is 0.871. The molecule has 4 nitrogen and oxygen atoms in total. The molecule has 0 unspecified atom stereocenters. The van der Waals surface area contributed by atoms with Crippen molar-refractivity contribution in [3.05, 3.63) is 22.8 Å². The summed E-state index contributed by atoms with van der Waals surface area (Å²) in [5, 5.41) is 6.47. The molecule has 21 heavy (non-hydrogen) atoms. The van der Waals surface area contributed by atoms with E-state index in [0.29, 0.717) is 22.5 Å². The van der Waals surface area contributed by atoms with Crippen LogP contribution in [0.1, 0.15) is 50.0 Å². The molecule has 0 bridgehead atoms. The predicted octanol–water partition coefficient (Wildman–Crippen LogP) is 3.72. The van der Waals surface area contributed by atoms with Crippen LogP contribution in [0.5, 0.6) is 0 Å². The molecule has 1 fully saturated rings. The highest BCUT2D eigenvalue weighted by Gasteiger charge is 2.20. The van der Waals surface area contributed by atoms with Gasteiger partial charge in [-0.15, -0.1) is 0 Å². The van der Waals surface area contributed by atoms with Crippen molar-refractivity contribution < 1.29 is 4.79 Å². The van der Waals surface area contributed by atoms with Crippen LogP contribution in [0.3, 0.4) is 0 Å². The smallest absolute Gasteiger partial charge is 0.271 e. The highest BCUT2D eigenvalue weighted by atomic mass is 35.5. The number of hydrogen-bond acceptors (Lipinski definition) is 3. The molecular formula is C16H24ClN3O. The maximum absolute atomic E-state index is 12.2. The summed E-state index contributed by atoms with van der Waals surface area (Å²) < 4.78 is 0. The minimum absolute atomic E-state index is 0.182. The molecule has 1 aliphatic carbocycles. The molecular weight excluding hydrogens is 286 g/mol. The SMILES string of the molecule is CCNc1ccc(Cl)c(C(=O)NCC2CCC(C)CC2)n1. The van der Waals surface area contributed by atoms with Crippen LogP contribution in [0.15, 0.2) is 12.1 Å². The lowest BCUT2D eigenvalue weighted by Crippen LogP contribution is -2.31. The summed E-state index contributed by atoms with van der Waals surface area (Å²) >= 11 is 6.08. The summed E-state index contributed by atoms with van der Waals surface area (Å²) in [5.41, 5.74) is 0.305. The van der Waals surface area contributed by atoms with Crippen LogP contribution in [-0.4, -0.2) is 24.0 Å². The lowest BCUT2D eigenvalue weighted by atomic mass is 9.83. The monoisotopic (exact) mass is 309 g/mol. The summed E-state index contributed by atoms with van der Waals surface area (Å²) in [7, 11) is 0. The number of anilines is 1. The van der Waals surface area contributed by atoms with Crippen molar-refractivity contribution in [3.63, 3.8) is 0 Å². The summed E-state index contributed by atoms with van der Waals surface area (Å²) in [6.07, 6.45) is 4.91. The molecule has 0 radical (unpaired) electrons. The number of carbonyl (C=O) groups excluding carboxylic acids is 1. The highest BCUT2D eigenvalue weighted by Crippen LogP contribution is 2.27. The maximum atomic E-state index is 12.2. The van der Waals surface area contributed by atoms with E-state index in [-0.39, 0.29) is 5.91 Å². The van der Waals surface area contributed by atoms with Crippen LogP contribution in [-0.2, 0) is 0 Å². The number of nitrogens with zero attached hydrogens (tertiary/aromatic N) is 1. The molecule has 5 heteroatoms. The van der Waals surface area contributed by atoms with E-state index in [1.807, 2.05) is 6.92 Å². The van der Waals surface area contributed by atoms with Gasteiger partial charge >= 0.3 is 0 Å². The fourth-order valence-corrected chi connectivity index (χ4v) is 2.93. The van der Waals surface area contributed by atoms with Crippen molar-refractivity contribution in [2.75, 3.05) is 18.4 Å². The maximum Gasteiger partial charge on any atom is 0.271 e. The number of hydrogen-bond donors (Lipinski definition) is 2. The number of pyridine rings is 1. The van der Waals surface area contributed by atoms with Gasteiger partial charge in [0.2, 0.25) is 0 Å². The van der Waals surface area contributed by atoms with Crippen LogP contribution in [0.4, 0.5) is 5.82 Å². The topological polar surface area (TPSA) is 54.0 Å². The van der Waals surface area contributed by atoms with Gasteiger partial charge in [0, 0.05) is 13.1 Å². The number of amides is 1. The van der Waals surface area contributed by atoms with Gasteiger partial charge in [-0.3, -0.25) is 4.79 Å². The average molecular weight is 310 g/mol. The minimum Gasteiger partial charge on any atom is -0.370 e. The van der Waals surface area contributed by atoms with Gasteiger partial charge in [0.25, 0.3) is 5.91 Å². The van der Waals surface area contributed by atoms with Crippen molar-refractivity contribution in [1.29, 1.82) is 0 Å². The second kappa shape index (κ2) is 7.64. The molecule has 0 saturated heterocycles. The second-order valence-corrected chi connectivity index (χ2v) is 6.30. The van der Waals surface area contributed by atoms with Crippen molar-refractivity contribution in [1.82, 2.24) is 10.3 Å². The normalized spacial score (nSPS) is 21.9. The number of carbonyl (C=O) groups is 1. The molecule has 116 valence electrons. The molecule has 2 rings (SSSR count). The average Bonchev–Trinajstić information content (AvgIpc) is 2.48. The number of aromatic nitrogens is 1. The second-order valence-electron chi connectivity index (χ2n) is 5.89. The Morgan fingerprint density at radius 2 is 2.05 bits per heavy atom. The van der Waals surface area contributed by atoms with E-state index in [1.165, 1.54) is 25.7 Å². The summed E-state index contributed by atoms with van der Waals surface area (Å²) in [4.78, 5) is 16.5. The summed E-state index contributed by atoms with van der Waals surface area (Å²) in [6, 6.07) is 3.49. The van der Waals surface area contributed by atoms with Crippen molar-refractivity contribution in [2.24, 2.45) is 11.8 Å². The first-order chi connectivity index (χ1) is 10.1. The van der Waals surface area contributed by atoms with E-state index in [4.69, 9.17) is 11.6 Å². The predicted molar refractivity (Wildman–Crippen MR) is 86.9 cm³/mol.